The highest BCUT2D eigenvalue weighted by atomic mass is 79.9. The summed E-state index contributed by atoms with van der Waals surface area (Å²) >= 11 is 3.44. The number of benzene rings is 3. The fraction of sp³-hybridized carbons (Fsp3) is 0.161. The summed E-state index contributed by atoms with van der Waals surface area (Å²) in [6.07, 6.45) is 3.21. The number of amides is 2. The van der Waals surface area contributed by atoms with Crippen molar-refractivity contribution < 1.29 is 14.7 Å². The Bertz CT molecular complexity index is 1590. The molecule has 0 aliphatic rings. The Morgan fingerprint density at radius 3 is 2.40 bits per heavy atom. The van der Waals surface area contributed by atoms with Crippen LogP contribution in [0.1, 0.15) is 29.8 Å². The Hall–Kier alpha value is -4.50. The van der Waals surface area contributed by atoms with E-state index in [4.69, 9.17) is 0 Å². The van der Waals surface area contributed by atoms with Gasteiger partial charge in [-0.25, -0.2) is 0 Å². The summed E-state index contributed by atoms with van der Waals surface area (Å²) in [6, 6.07) is 21.7. The summed E-state index contributed by atoms with van der Waals surface area (Å²) in [5, 5.41) is 22.2. The molecule has 3 aromatic carbocycles. The van der Waals surface area contributed by atoms with Crippen LogP contribution in [-0.2, 0) is 11.3 Å². The largest absolute Gasteiger partial charge is 0.493 e. The van der Waals surface area contributed by atoms with Crippen LogP contribution in [0.4, 0.5) is 11.4 Å². The number of anilines is 1. The van der Waals surface area contributed by atoms with Gasteiger partial charge in [-0.3, -0.25) is 9.59 Å². The summed E-state index contributed by atoms with van der Waals surface area (Å²) in [5.41, 5.74) is 2.96. The molecule has 0 atom stereocenters. The van der Waals surface area contributed by atoms with Gasteiger partial charge in [0.1, 0.15) is 5.70 Å². The predicted octanol–water partition coefficient (Wildman–Crippen LogP) is 7.22. The highest BCUT2D eigenvalue weighted by molar-refractivity contribution is 9.10. The lowest BCUT2D eigenvalue weighted by Crippen LogP contribution is -2.26. The molecule has 2 amide bonds. The molecule has 204 valence electrons. The summed E-state index contributed by atoms with van der Waals surface area (Å²) < 4.78 is 2.40. The molecule has 0 bridgehead atoms. The minimum atomic E-state index is -0.767. The SMILES string of the molecule is C=CCn1c(O)c(N=NC(=O)/C(=C\c2ccc(N(CC)CC)cc2)NC(=O)c2ccccc2)c2cc(Br)ccc21. The van der Waals surface area contributed by atoms with Gasteiger partial charge in [0.05, 0.1) is 5.52 Å². The quantitative estimate of drug-likeness (QED) is 0.114. The van der Waals surface area contributed by atoms with Crippen molar-refractivity contribution in [1.82, 2.24) is 9.88 Å². The van der Waals surface area contributed by atoms with Crippen LogP contribution in [0.3, 0.4) is 0 Å². The van der Waals surface area contributed by atoms with Crippen molar-refractivity contribution in [1.29, 1.82) is 0 Å². The number of hydrogen-bond donors (Lipinski definition) is 2. The van der Waals surface area contributed by atoms with Gasteiger partial charge < -0.3 is 19.9 Å². The summed E-state index contributed by atoms with van der Waals surface area (Å²) in [4.78, 5) is 28.5. The topological polar surface area (TPSA) is 99.3 Å². The van der Waals surface area contributed by atoms with Crippen LogP contribution in [0.15, 0.2) is 106 Å². The average Bonchev–Trinajstić information content (AvgIpc) is 3.22. The molecule has 0 saturated heterocycles. The molecule has 0 aliphatic heterocycles. The highest BCUT2D eigenvalue weighted by Crippen LogP contribution is 2.40. The van der Waals surface area contributed by atoms with Gasteiger partial charge in [0, 0.05) is 40.7 Å². The second kappa shape index (κ2) is 13.0. The third kappa shape index (κ3) is 6.38. The molecular weight excluding hydrogens is 570 g/mol. The van der Waals surface area contributed by atoms with Gasteiger partial charge in [-0.2, -0.15) is 0 Å². The summed E-state index contributed by atoms with van der Waals surface area (Å²) in [7, 11) is 0. The fourth-order valence-electron chi connectivity index (χ4n) is 4.33. The number of aromatic hydroxyl groups is 1. The molecule has 1 aromatic heterocycles. The molecule has 40 heavy (non-hydrogen) atoms. The lowest BCUT2D eigenvalue weighted by molar-refractivity contribution is -0.115. The van der Waals surface area contributed by atoms with Gasteiger partial charge in [0.2, 0.25) is 5.88 Å². The normalized spacial score (nSPS) is 11.6. The molecule has 8 nitrogen and oxygen atoms in total. The maximum Gasteiger partial charge on any atom is 0.311 e. The predicted molar refractivity (Wildman–Crippen MR) is 163 cm³/mol. The molecule has 2 N–H and O–H groups in total. The smallest absolute Gasteiger partial charge is 0.311 e. The minimum Gasteiger partial charge on any atom is -0.493 e. The van der Waals surface area contributed by atoms with Crippen LogP contribution in [0.5, 0.6) is 5.88 Å². The number of allylic oxidation sites excluding steroid dienone is 1. The number of nitrogens with zero attached hydrogens (tertiary/aromatic N) is 4. The Kier molecular flexibility index (Phi) is 9.29. The number of aromatic nitrogens is 1. The Morgan fingerprint density at radius 1 is 1.05 bits per heavy atom. The first kappa shape index (κ1) is 28.5. The molecule has 4 aromatic rings. The number of azo groups is 1. The van der Waals surface area contributed by atoms with Crippen LogP contribution in [0.2, 0.25) is 0 Å². The van der Waals surface area contributed by atoms with Crippen molar-refractivity contribution in [3.05, 3.63) is 107 Å². The van der Waals surface area contributed by atoms with Crippen LogP contribution in [-0.4, -0.2) is 34.6 Å². The van der Waals surface area contributed by atoms with E-state index in [-0.39, 0.29) is 17.3 Å². The molecule has 0 saturated carbocycles. The number of hydrogen-bond acceptors (Lipinski definition) is 5. The van der Waals surface area contributed by atoms with Crippen molar-refractivity contribution >= 4 is 56.1 Å². The van der Waals surface area contributed by atoms with Gasteiger partial charge in [-0.05, 0) is 68.0 Å². The van der Waals surface area contributed by atoms with Crippen LogP contribution in [0, 0.1) is 0 Å². The molecule has 4 rings (SSSR count). The zero-order valence-corrected chi connectivity index (χ0v) is 23.9. The number of nitrogens with one attached hydrogen (secondary N) is 1. The van der Waals surface area contributed by atoms with Gasteiger partial charge in [-0.15, -0.1) is 16.8 Å². The van der Waals surface area contributed by atoms with E-state index in [1.54, 1.807) is 53.1 Å². The van der Waals surface area contributed by atoms with Crippen molar-refractivity contribution in [2.45, 2.75) is 20.4 Å². The first-order chi connectivity index (χ1) is 19.4. The first-order valence-corrected chi connectivity index (χ1v) is 13.7. The third-order valence-electron chi connectivity index (χ3n) is 6.37. The number of carbonyl (C=O) groups is 2. The maximum atomic E-state index is 13.3. The second-order valence-corrected chi connectivity index (χ2v) is 9.80. The van der Waals surface area contributed by atoms with E-state index in [1.807, 2.05) is 36.4 Å². The van der Waals surface area contributed by atoms with Crippen molar-refractivity contribution in [2.24, 2.45) is 10.2 Å². The fourth-order valence-corrected chi connectivity index (χ4v) is 4.69. The van der Waals surface area contributed by atoms with E-state index in [2.05, 4.69) is 56.8 Å². The molecular formula is C31H30BrN5O3. The number of rotatable bonds is 10. The van der Waals surface area contributed by atoms with Crippen molar-refractivity contribution in [3.63, 3.8) is 0 Å². The highest BCUT2D eigenvalue weighted by Gasteiger charge is 2.19. The zero-order valence-electron chi connectivity index (χ0n) is 22.3. The molecule has 0 fully saturated rings. The van der Waals surface area contributed by atoms with Crippen molar-refractivity contribution in [3.8, 4) is 5.88 Å². The lowest BCUT2D eigenvalue weighted by Gasteiger charge is -2.20. The van der Waals surface area contributed by atoms with E-state index in [1.165, 1.54) is 0 Å². The number of carbonyl (C=O) groups excluding carboxylic acids is 2. The van der Waals surface area contributed by atoms with Crippen molar-refractivity contribution in [2.75, 3.05) is 18.0 Å². The molecule has 0 aliphatic carbocycles. The first-order valence-electron chi connectivity index (χ1n) is 12.9. The Morgan fingerprint density at radius 2 is 1.75 bits per heavy atom. The van der Waals surface area contributed by atoms with Gasteiger partial charge in [-0.1, -0.05) is 52.3 Å². The average molecular weight is 601 g/mol. The van der Waals surface area contributed by atoms with Crippen LogP contribution in [0.25, 0.3) is 17.0 Å². The second-order valence-electron chi connectivity index (χ2n) is 8.88. The molecule has 0 radical (unpaired) electrons. The Labute approximate surface area is 241 Å². The number of fused-ring (bicyclic) bond motifs is 1. The van der Waals surface area contributed by atoms with Gasteiger partial charge >= 0.3 is 5.91 Å². The number of halogens is 1. The molecule has 1 heterocycles. The van der Waals surface area contributed by atoms with E-state index in [9.17, 15) is 14.7 Å². The molecule has 0 spiro atoms. The minimum absolute atomic E-state index is 0.0521. The zero-order chi connectivity index (χ0) is 28.6. The molecule has 0 unspecified atom stereocenters. The maximum absolute atomic E-state index is 13.3. The lowest BCUT2D eigenvalue weighted by atomic mass is 10.1. The summed E-state index contributed by atoms with van der Waals surface area (Å²) in [6.45, 7) is 10.0. The van der Waals surface area contributed by atoms with Gasteiger partial charge in [0.15, 0.2) is 5.69 Å². The van der Waals surface area contributed by atoms with Gasteiger partial charge in [0.25, 0.3) is 5.91 Å². The van der Waals surface area contributed by atoms with E-state index >= 15 is 0 Å². The third-order valence-corrected chi connectivity index (χ3v) is 6.87. The van der Waals surface area contributed by atoms with Crippen LogP contribution >= 0.6 is 15.9 Å². The van der Waals surface area contributed by atoms with E-state index in [0.717, 1.165) is 23.2 Å². The Balaban J connectivity index is 1.71. The monoisotopic (exact) mass is 599 g/mol. The standard InChI is InChI=1S/C31H30BrN5O3/c1-4-18-37-27-17-14-23(32)20-25(27)28(31(37)40)34-35-30(39)26(33-29(38)22-10-8-7-9-11-22)19-21-12-15-24(16-13-21)36(5-2)6-3/h4,7-17,19-20,40H,1,5-6,18H2,2-3H3,(H,33,38)/b26-19+,35-34?. The summed E-state index contributed by atoms with van der Waals surface area (Å²) in [5.74, 6) is -1.36. The van der Waals surface area contributed by atoms with Crippen LogP contribution < -0.4 is 10.2 Å². The van der Waals surface area contributed by atoms with E-state index in [0.29, 0.717) is 28.6 Å². The molecule has 9 heteroatoms. The van der Waals surface area contributed by atoms with E-state index < -0.39 is 11.8 Å².